The first kappa shape index (κ1) is 24.1. The molecule has 0 bridgehead atoms. The molecule has 32 heavy (non-hydrogen) atoms. The second kappa shape index (κ2) is 11.3. The molecule has 0 N–H and O–H groups in total. The molecule has 2 aromatic carbocycles. The molecule has 0 aromatic heterocycles. The highest BCUT2D eigenvalue weighted by Crippen LogP contribution is 2.41. The standard InChI is InChI=1S/C29H37NO2/c1-4-5-7-10-23-13-16-27(25(20-23)21-30)32-28(31)29(17-8-6-9-18-29)26-14-11-24(12-15-26)19-22(2)3/h11-16,20,22H,4-10,17-19H2,1-3H3. The van der Waals surface area contributed by atoms with Crippen LogP contribution < -0.4 is 4.74 Å². The molecular weight excluding hydrogens is 394 g/mol. The normalized spacial score (nSPS) is 15.3. The van der Waals surface area contributed by atoms with Gasteiger partial charge in [-0.1, -0.05) is 83.2 Å². The number of hydrogen-bond acceptors (Lipinski definition) is 3. The van der Waals surface area contributed by atoms with Crippen LogP contribution in [0.1, 0.15) is 94.4 Å². The van der Waals surface area contributed by atoms with Crippen molar-refractivity contribution in [2.24, 2.45) is 5.92 Å². The predicted molar refractivity (Wildman–Crippen MR) is 130 cm³/mol. The van der Waals surface area contributed by atoms with Crippen LogP contribution in [0.5, 0.6) is 5.75 Å². The number of nitrogens with zero attached hydrogens (tertiary/aromatic N) is 1. The maximum Gasteiger partial charge on any atom is 0.321 e. The summed E-state index contributed by atoms with van der Waals surface area (Å²) in [6, 6.07) is 16.5. The molecule has 0 radical (unpaired) electrons. The number of nitriles is 1. The molecule has 0 spiro atoms. The number of aryl methyl sites for hydroxylation is 1. The largest absolute Gasteiger partial charge is 0.424 e. The van der Waals surface area contributed by atoms with Gasteiger partial charge in [-0.25, -0.2) is 0 Å². The smallest absolute Gasteiger partial charge is 0.321 e. The fourth-order valence-electron chi connectivity index (χ4n) is 4.88. The summed E-state index contributed by atoms with van der Waals surface area (Å²) < 4.78 is 5.95. The van der Waals surface area contributed by atoms with Gasteiger partial charge >= 0.3 is 5.97 Å². The van der Waals surface area contributed by atoms with Crippen LogP contribution in [-0.4, -0.2) is 5.97 Å². The van der Waals surface area contributed by atoms with Crippen molar-refractivity contribution in [3.05, 3.63) is 64.7 Å². The van der Waals surface area contributed by atoms with E-state index in [9.17, 15) is 10.1 Å². The molecule has 0 saturated heterocycles. The van der Waals surface area contributed by atoms with Gasteiger partial charge in [-0.05, 0) is 66.8 Å². The molecule has 1 aliphatic rings. The summed E-state index contributed by atoms with van der Waals surface area (Å²) in [6.07, 6.45) is 10.2. The van der Waals surface area contributed by atoms with E-state index in [1.54, 1.807) is 6.07 Å². The molecule has 1 saturated carbocycles. The minimum Gasteiger partial charge on any atom is -0.424 e. The van der Waals surface area contributed by atoms with Crippen molar-refractivity contribution in [2.75, 3.05) is 0 Å². The first-order chi connectivity index (χ1) is 15.5. The van der Waals surface area contributed by atoms with Crippen LogP contribution in [0.2, 0.25) is 0 Å². The second-order valence-electron chi connectivity index (χ2n) is 9.73. The molecule has 0 unspecified atom stereocenters. The van der Waals surface area contributed by atoms with Crippen molar-refractivity contribution >= 4 is 5.97 Å². The number of carbonyl (C=O) groups is 1. The maximum absolute atomic E-state index is 13.6. The fourth-order valence-corrected chi connectivity index (χ4v) is 4.88. The van der Waals surface area contributed by atoms with Gasteiger partial charge in [0.1, 0.15) is 11.8 Å². The molecule has 0 amide bonds. The van der Waals surface area contributed by atoms with E-state index in [1.165, 1.54) is 18.4 Å². The van der Waals surface area contributed by atoms with Gasteiger partial charge in [0.15, 0.2) is 0 Å². The SMILES string of the molecule is CCCCCc1ccc(OC(=O)C2(c3ccc(CC(C)C)cc3)CCCCC2)c(C#N)c1. The lowest BCUT2D eigenvalue weighted by Gasteiger charge is -2.35. The van der Waals surface area contributed by atoms with E-state index < -0.39 is 5.41 Å². The molecule has 0 aliphatic heterocycles. The first-order valence-electron chi connectivity index (χ1n) is 12.3. The van der Waals surface area contributed by atoms with Crippen molar-refractivity contribution in [1.29, 1.82) is 5.26 Å². The summed E-state index contributed by atoms with van der Waals surface area (Å²) in [6.45, 7) is 6.62. The molecule has 3 rings (SSSR count). The molecule has 3 nitrogen and oxygen atoms in total. The Morgan fingerprint density at radius 3 is 2.34 bits per heavy atom. The average Bonchev–Trinajstić information content (AvgIpc) is 2.80. The van der Waals surface area contributed by atoms with E-state index in [-0.39, 0.29) is 5.97 Å². The van der Waals surface area contributed by atoms with Crippen LogP contribution in [0, 0.1) is 17.2 Å². The van der Waals surface area contributed by atoms with E-state index >= 15 is 0 Å². The van der Waals surface area contributed by atoms with E-state index in [2.05, 4.69) is 51.1 Å². The van der Waals surface area contributed by atoms with Crippen molar-refractivity contribution in [1.82, 2.24) is 0 Å². The Balaban J connectivity index is 1.83. The molecule has 170 valence electrons. The van der Waals surface area contributed by atoms with Crippen LogP contribution in [0.25, 0.3) is 0 Å². The summed E-state index contributed by atoms with van der Waals surface area (Å²) in [5, 5.41) is 9.68. The third kappa shape index (κ3) is 5.80. The Bertz CT molecular complexity index is 931. The van der Waals surface area contributed by atoms with E-state index in [0.29, 0.717) is 17.2 Å². The topological polar surface area (TPSA) is 50.1 Å². The van der Waals surface area contributed by atoms with Gasteiger partial charge in [0, 0.05) is 0 Å². The molecule has 1 aliphatic carbocycles. The van der Waals surface area contributed by atoms with Crippen LogP contribution >= 0.6 is 0 Å². The highest BCUT2D eigenvalue weighted by Gasteiger charge is 2.43. The average molecular weight is 432 g/mol. The Morgan fingerprint density at radius 1 is 1.03 bits per heavy atom. The van der Waals surface area contributed by atoms with E-state index in [1.807, 2.05) is 12.1 Å². The quantitative estimate of drug-likeness (QED) is 0.238. The third-order valence-electron chi connectivity index (χ3n) is 6.68. The van der Waals surface area contributed by atoms with E-state index in [4.69, 9.17) is 4.74 Å². The minimum atomic E-state index is -0.624. The number of unbranched alkanes of at least 4 members (excludes halogenated alkanes) is 2. The summed E-state index contributed by atoms with van der Waals surface area (Å²) in [5.74, 6) is 0.769. The van der Waals surface area contributed by atoms with Crippen LogP contribution in [0.4, 0.5) is 0 Å². The molecular formula is C29H37NO2. The highest BCUT2D eigenvalue weighted by atomic mass is 16.5. The Kier molecular flexibility index (Phi) is 8.51. The molecule has 0 heterocycles. The van der Waals surface area contributed by atoms with Crippen LogP contribution in [0.3, 0.4) is 0 Å². The lowest BCUT2D eigenvalue weighted by molar-refractivity contribution is -0.142. The number of rotatable bonds is 9. The van der Waals surface area contributed by atoms with Gasteiger partial charge in [0.25, 0.3) is 0 Å². The van der Waals surface area contributed by atoms with E-state index in [0.717, 1.165) is 62.5 Å². The summed E-state index contributed by atoms with van der Waals surface area (Å²) >= 11 is 0. The van der Waals surface area contributed by atoms with Gasteiger partial charge in [0.05, 0.1) is 11.0 Å². The number of benzene rings is 2. The highest BCUT2D eigenvalue weighted by molar-refractivity contribution is 5.85. The molecule has 1 fully saturated rings. The summed E-state index contributed by atoms with van der Waals surface area (Å²) in [4.78, 5) is 13.6. The fraction of sp³-hybridized carbons (Fsp3) is 0.517. The van der Waals surface area contributed by atoms with Crippen molar-refractivity contribution in [3.63, 3.8) is 0 Å². The minimum absolute atomic E-state index is 0.218. The van der Waals surface area contributed by atoms with Gasteiger partial charge < -0.3 is 4.74 Å². The molecule has 2 aromatic rings. The zero-order valence-corrected chi connectivity index (χ0v) is 20.0. The number of hydrogen-bond donors (Lipinski definition) is 0. The maximum atomic E-state index is 13.6. The Hall–Kier alpha value is -2.60. The van der Waals surface area contributed by atoms with Crippen LogP contribution in [-0.2, 0) is 23.1 Å². The van der Waals surface area contributed by atoms with Gasteiger partial charge in [-0.15, -0.1) is 0 Å². The zero-order chi connectivity index (χ0) is 23.0. The third-order valence-corrected chi connectivity index (χ3v) is 6.68. The monoisotopic (exact) mass is 431 g/mol. The molecule has 3 heteroatoms. The Morgan fingerprint density at radius 2 is 1.72 bits per heavy atom. The lowest BCUT2D eigenvalue weighted by atomic mass is 9.69. The number of carbonyl (C=O) groups excluding carboxylic acids is 1. The molecule has 0 atom stereocenters. The van der Waals surface area contributed by atoms with Gasteiger partial charge in [-0.3, -0.25) is 4.79 Å². The predicted octanol–water partition coefficient (Wildman–Crippen LogP) is 7.30. The van der Waals surface area contributed by atoms with Crippen molar-refractivity contribution in [2.45, 2.75) is 90.4 Å². The van der Waals surface area contributed by atoms with Crippen molar-refractivity contribution < 1.29 is 9.53 Å². The summed E-state index contributed by atoms with van der Waals surface area (Å²) in [5.41, 5.74) is 3.30. The van der Waals surface area contributed by atoms with Gasteiger partial charge in [0.2, 0.25) is 0 Å². The van der Waals surface area contributed by atoms with Gasteiger partial charge in [-0.2, -0.15) is 5.26 Å². The summed E-state index contributed by atoms with van der Waals surface area (Å²) in [7, 11) is 0. The first-order valence-corrected chi connectivity index (χ1v) is 12.3. The van der Waals surface area contributed by atoms with Crippen molar-refractivity contribution in [3.8, 4) is 11.8 Å². The number of esters is 1. The zero-order valence-electron chi connectivity index (χ0n) is 20.0. The van der Waals surface area contributed by atoms with Crippen LogP contribution in [0.15, 0.2) is 42.5 Å². The number of ether oxygens (including phenoxy) is 1. The Labute approximate surface area is 193 Å². The second-order valence-corrected chi connectivity index (χ2v) is 9.73. The lowest BCUT2D eigenvalue weighted by Crippen LogP contribution is -2.41.